The molecule has 13 heteroatoms. The van der Waals surface area contributed by atoms with Crippen molar-refractivity contribution < 1.29 is 28.8 Å². The molecule has 11 nitrogen and oxygen atoms in total. The highest BCUT2D eigenvalue weighted by Crippen LogP contribution is 2.40. The minimum Gasteiger partial charge on any atom is -0.387 e. The number of allylic oxidation sites excluding steroid dienone is 1. The summed E-state index contributed by atoms with van der Waals surface area (Å²) in [7, 11) is 1.55. The zero-order chi connectivity index (χ0) is 36.2. The van der Waals surface area contributed by atoms with E-state index in [2.05, 4.69) is 27.7 Å². The summed E-state index contributed by atoms with van der Waals surface area (Å²) in [6.45, 7) is 9.86. The van der Waals surface area contributed by atoms with Gasteiger partial charge in [0, 0.05) is 47.3 Å². The Balaban J connectivity index is 1.41. The Hall–Kier alpha value is -3.15. The molecule has 3 N–H and O–H groups in total. The first-order valence-corrected chi connectivity index (χ1v) is 18.7. The summed E-state index contributed by atoms with van der Waals surface area (Å²) >= 11 is 12.6. The van der Waals surface area contributed by atoms with Crippen molar-refractivity contribution in [3.8, 4) is 0 Å². The van der Waals surface area contributed by atoms with Gasteiger partial charge in [-0.1, -0.05) is 80.4 Å². The van der Waals surface area contributed by atoms with E-state index < -0.39 is 46.9 Å². The molecule has 3 fully saturated rings. The number of ether oxygens (including phenoxy) is 1. The third-order valence-electron chi connectivity index (χ3n) is 10.4. The standard InChI is InChI=1S/C37H51Cl2N5O6/c1-6-10-28(31(45)34(47)41-27-13-14-27)42-33(46)30-20-37(19-29(43-50-37)24-16-25(38)18-26(39)17-24)21-44(30)35(48)32(36(3,4)49-5)40-22(2)15-23-11-8-7-9-12-23/h16-18,23,27-28,30,32,40H,2,6-15,19-21H2,1,3-5H3,(H,41,47)(H,42,46)/t28-,30-,32+,37+/m0/s1. The van der Waals surface area contributed by atoms with Crippen LogP contribution in [0.1, 0.15) is 103 Å². The van der Waals surface area contributed by atoms with Crippen LogP contribution in [0.15, 0.2) is 35.6 Å². The fourth-order valence-electron chi connectivity index (χ4n) is 7.29. The lowest BCUT2D eigenvalue weighted by atomic mass is 9.86. The highest BCUT2D eigenvalue weighted by atomic mass is 35.5. The minimum absolute atomic E-state index is 0.00300. The number of ketones is 1. The molecule has 5 rings (SSSR count). The van der Waals surface area contributed by atoms with E-state index in [1.165, 1.54) is 24.2 Å². The summed E-state index contributed by atoms with van der Waals surface area (Å²) in [5, 5.41) is 14.2. The molecule has 2 aliphatic heterocycles. The Morgan fingerprint density at radius 2 is 1.76 bits per heavy atom. The van der Waals surface area contributed by atoms with Gasteiger partial charge in [-0.15, -0.1) is 0 Å². The Kier molecular flexibility index (Phi) is 12.2. The van der Waals surface area contributed by atoms with Crippen molar-refractivity contribution in [3.63, 3.8) is 0 Å². The second-order valence-corrected chi connectivity index (χ2v) is 15.9. The molecule has 1 aromatic rings. The molecule has 0 radical (unpaired) electrons. The van der Waals surface area contributed by atoms with E-state index in [0.29, 0.717) is 40.1 Å². The number of carbonyl (C=O) groups is 4. The molecule has 1 saturated heterocycles. The van der Waals surface area contributed by atoms with E-state index in [1.54, 1.807) is 25.3 Å². The van der Waals surface area contributed by atoms with Gasteiger partial charge < -0.3 is 30.4 Å². The van der Waals surface area contributed by atoms with Crippen LogP contribution in [0.4, 0.5) is 0 Å². The summed E-state index contributed by atoms with van der Waals surface area (Å²) in [6, 6.07) is 2.15. The number of benzene rings is 1. The lowest BCUT2D eigenvalue weighted by Gasteiger charge is -2.38. The summed E-state index contributed by atoms with van der Waals surface area (Å²) in [5.74, 6) is -1.82. The first-order chi connectivity index (χ1) is 23.7. The SMILES string of the molecule is C=C(CC1CCCCC1)N[C@H](C(=O)N1C[C@@]2(CC(c3cc(Cl)cc(Cl)c3)=NO2)C[C@H]1C(=O)N[C@@H](CCC)C(=O)C(=O)NC1CC1)C(C)(C)OC. The van der Waals surface area contributed by atoms with Crippen molar-refractivity contribution in [3.05, 3.63) is 46.1 Å². The van der Waals surface area contributed by atoms with Crippen LogP contribution < -0.4 is 16.0 Å². The second-order valence-electron chi connectivity index (χ2n) is 15.0. The van der Waals surface area contributed by atoms with Crippen LogP contribution in [0.2, 0.25) is 10.0 Å². The summed E-state index contributed by atoms with van der Waals surface area (Å²) in [4.78, 5) is 62.5. The highest BCUT2D eigenvalue weighted by molar-refractivity contribution is 6.38. The number of nitrogens with zero attached hydrogens (tertiary/aromatic N) is 2. The third kappa shape index (κ3) is 9.19. The van der Waals surface area contributed by atoms with Gasteiger partial charge in [0.05, 0.1) is 23.9 Å². The van der Waals surface area contributed by atoms with Crippen molar-refractivity contribution in [2.24, 2.45) is 11.1 Å². The van der Waals surface area contributed by atoms with E-state index >= 15 is 0 Å². The number of carbonyl (C=O) groups excluding carboxylic acids is 4. The number of hydrogen-bond donors (Lipinski definition) is 3. The van der Waals surface area contributed by atoms with E-state index in [4.69, 9.17) is 32.8 Å². The van der Waals surface area contributed by atoms with E-state index in [-0.39, 0.29) is 31.3 Å². The van der Waals surface area contributed by atoms with E-state index in [0.717, 1.165) is 37.8 Å². The molecule has 2 heterocycles. The number of nitrogens with one attached hydrogen (secondary N) is 3. The van der Waals surface area contributed by atoms with Crippen molar-refractivity contribution in [1.82, 2.24) is 20.9 Å². The Labute approximate surface area is 305 Å². The first kappa shape index (κ1) is 38.1. The van der Waals surface area contributed by atoms with Gasteiger partial charge in [-0.2, -0.15) is 0 Å². The smallest absolute Gasteiger partial charge is 0.289 e. The maximum atomic E-state index is 14.8. The van der Waals surface area contributed by atoms with Crippen molar-refractivity contribution in [1.29, 1.82) is 0 Å². The molecule has 1 spiro atoms. The fraction of sp³-hybridized carbons (Fsp3) is 0.649. The van der Waals surface area contributed by atoms with Gasteiger partial charge >= 0.3 is 0 Å². The third-order valence-corrected chi connectivity index (χ3v) is 10.9. The maximum absolute atomic E-state index is 14.8. The fourth-order valence-corrected chi connectivity index (χ4v) is 7.82. The molecule has 0 aromatic heterocycles. The quantitative estimate of drug-likeness (QED) is 0.204. The van der Waals surface area contributed by atoms with Gasteiger partial charge in [0.1, 0.15) is 12.1 Å². The number of oxime groups is 1. The molecular formula is C37H51Cl2N5O6. The molecule has 4 aliphatic rings. The molecule has 50 heavy (non-hydrogen) atoms. The predicted octanol–water partition coefficient (Wildman–Crippen LogP) is 5.46. The zero-order valence-corrected chi connectivity index (χ0v) is 31.1. The second kappa shape index (κ2) is 16.0. The van der Waals surface area contributed by atoms with Crippen LogP contribution >= 0.6 is 23.2 Å². The molecular weight excluding hydrogens is 681 g/mol. The van der Waals surface area contributed by atoms with Crippen molar-refractivity contribution in [2.75, 3.05) is 13.7 Å². The number of halogens is 2. The van der Waals surface area contributed by atoms with Gasteiger partial charge in [0.2, 0.25) is 17.6 Å². The van der Waals surface area contributed by atoms with Crippen LogP contribution in [0.25, 0.3) is 0 Å². The number of hydrogen-bond acceptors (Lipinski definition) is 8. The minimum atomic E-state index is -1.04. The first-order valence-electron chi connectivity index (χ1n) is 17.9. The summed E-state index contributed by atoms with van der Waals surface area (Å²) in [5.41, 5.74) is -0.00573. The average molecular weight is 733 g/mol. The van der Waals surface area contributed by atoms with Gasteiger partial charge in [-0.05, 0) is 63.6 Å². The predicted molar refractivity (Wildman–Crippen MR) is 193 cm³/mol. The molecule has 2 aliphatic carbocycles. The number of amides is 3. The molecule has 4 atom stereocenters. The highest BCUT2D eigenvalue weighted by Gasteiger charge is 2.56. The Morgan fingerprint density at radius 3 is 2.38 bits per heavy atom. The van der Waals surface area contributed by atoms with Gasteiger partial charge in [0.25, 0.3) is 5.91 Å². The Bertz CT molecular complexity index is 1490. The zero-order valence-electron chi connectivity index (χ0n) is 29.6. The molecule has 0 bridgehead atoms. The molecule has 0 unspecified atom stereocenters. The number of rotatable bonds is 15. The normalized spacial score (nSPS) is 23.5. The lowest BCUT2D eigenvalue weighted by molar-refractivity contribution is -0.147. The molecule has 1 aromatic carbocycles. The van der Waals surface area contributed by atoms with Crippen molar-refractivity contribution >= 4 is 52.4 Å². The van der Waals surface area contributed by atoms with E-state index in [9.17, 15) is 19.2 Å². The van der Waals surface area contributed by atoms with Crippen LogP contribution in [0, 0.1) is 5.92 Å². The number of likely N-dealkylation sites (tertiary alicyclic amines) is 1. The number of methoxy groups -OCH3 is 1. The van der Waals surface area contributed by atoms with Crippen LogP contribution in [-0.4, -0.2) is 83.1 Å². The van der Waals surface area contributed by atoms with Gasteiger partial charge in [0.15, 0.2) is 5.60 Å². The maximum Gasteiger partial charge on any atom is 0.289 e. The topological polar surface area (TPSA) is 138 Å². The van der Waals surface area contributed by atoms with Gasteiger partial charge in [-0.25, -0.2) is 0 Å². The largest absolute Gasteiger partial charge is 0.387 e. The summed E-state index contributed by atoms with van der Waals surface area (Å²) < 4.78 is 5.85. The number of Topliss-reactive ketones (excluding diaryl/α,β-unsaturated/α-hetero) is 1. The average Bonchev–Trinajstić information content (AvgIpc) is 3.67. The van der Waals surface area contributed by atoms with Crippen LogP contribution in [-0.2, 0) is 28.8 Å². The monoisotopic (exact) mass is 731 g/mol. The van der Waals surface area contributed by atoms with Crippen LogP contribution in [0.3, 0.4) is 0 Å². The molecule has 274 valence electrons. The van der Waals surface area contributed by atoms with E-state index in [1.807, 2.05) is 20.8 Å². The molecule has 2 saturated carbocycles. The van der Waals surface area contributed by atoms with Crippen molar-refractivity contribution in [2.45, 2.75) is 133 Å². The summed E-state index contributed by atoms with van der Waals surface area (Å²) in [6.07, 6.45) is 9.49. The lowest BCUT2D eigenvalue weighted by Crippen LogP contribution is -2.61. The van der Waals surface area contributed by atoms with Crippen LogP contribution in [0.5, 0.6) is 0 Å². The Morgan fingerprint density at radius 1 is 1.08 bits per heavy atom. The molecule has 3 amide bonds. The van der Waals surface area contributed by atoms with Gasteiger partial charge in [-0.3, -0.25) is 19.2 Å².